The van der Waals surface area contributed by atoms with E-state index in [1.807, 2.05) is 0 Å². The van der Waals surface area contributed by atoms with Gasteiger partial charge in [0.05, 0.1) is 19.4 Å². The Balaban J connectivity index is 5.01. The van der Waals surface area contributed by atoms with E-state index in [0.717, 1.165) is 38.5 Å². The van der Waals surface area contributed by atoms with Gasteiger partial charge in [0.15, 0.2) is 6.10 Å². The number of carbonyl (C=O) groups excluding carboxylic acids is 4. The van der Waals surface area contributed by atoms with Crippen LogP contribution in [0.2, 0.25) is 0 Å². The van der Waals surface area contributed by atoms with E-state index in [4.69, 9.17) is 42.5 Å². The molecule has 0 spiro atoms. The van der Waals surface area contributed by atoms with Crippen LogP contribution >= 0.6 is 24.0 Å². The van der Waals surface area contributed by atoms with E-state index >= 15 is 0 Å². The van der Waals surface area contributed by atoms with Gasteiger partial charge in [-0.1, -0.05) is 180 Å². The van der Waals surface area contributed by atoms with Gasteiger partial charge < -0.3 is 28.5 Å². The number of esters is 4. The molecular weight excluding hydrogens is 823 g/mol. The smallest absolute Gasteiger partial charge is 0.322 e. The molecule has 12 heteroatoms. The zero-order chi connectivity index (χ0) is 46.2. The second kappa shape index (κ2) is 40.3. The second-order valence-electron chi connectivity index (χ2n) is 17.7. The lowest BCUT2D eigenvalue weighted by Crippen LogP contribution is -2.42. The Bertz CT molecular complexity index is 1230. The van der Waals surface area contributed by atoms with Crippen LogP contribution in [-0.4, -0.2) is 78.0 Å². The molecule has 0 saturated carbocycles. The molecule has 0 aliphatic carbocycles. The van der Waals surface area contributed by atoms with E-state index < -0.39 is 34.3 Å². The summed E-state index contributed by atoms with van der Waals surface area (Å²) in [6.45, 7) is 17.4. The Morgan fingerprint density at radius 1 is 0.581 bits per heavy atom. The van der Waals surface area contributed by atoms with Crippen molar-refractivity contribution in [3.05, 3.63) is 11.4 Å². The first-order chi connectivity index (χ1) is 29.8. The van der Waals surface area contributed by atoms with Gasteiger partial charge >= 0.3 is 23.9 Å². The Hall–Kier alpha value is -2.23. The average molecular weight is 912 g/mol. The van der Waals surface area contributed by atoms with Gasteiger partial charge in [-0.3, -0.25) is 19.2 Å². The Morgan fingerprint density at radius 3 is 1.35 bits per heavy atom. The molecule has 0 amide bonds. The van der Waals surface area contributed by atoms with Crippen LogP contribution in [0.25, 0.3) is 4.85 Å². The molecule has 0 saturated heterocycles. The summed E-state index contributed by atoms with van der Waals surface area (Å²) in [5.74, 6) is -1.87. The van der Waals surface area contributed by atoms with Crippen LogP contribution in [0.5, 0.6) is 0 Å². The van der Waals surface area contributed by atoms with Gasteiger partial charge in [-0.05, 0) is 26.7 Å². The number of ether oxygens (including phenoxy) is 5. The maximum atomic E-state index is 13.1. The van der Waals surface area contributed by atoms with Gasteiger partial charge in [0, 0.05) is 37.5 Å². The minimum atomic E-state index is -1.15. The summed E-state index contributed by atoms with van der Waals surface area (Å²) in [6, 6.07) is 0. The Morgan fingerprint density at radius 2 is 0.968 bits per heavy atom. The first-order valence-electron chi connectivity index (χ1n) is 24.6. The number of hydrogen-bond donors (Lipinski definition) is 0. The third kappa shape index (κ3) is 35.2. The molecule has 0 aliphatic rings. The molecule has 0 aliphatic heterocycles. The van der Waals surface area contributed by atoms with Crippen molar-refractivity contribution in [1.29, 1.82) is 0 Å². The zero-order valence-corrected chi connectivity index (χ0v) is 41.9. The zero-order valence-electron chi connectivity index (χ0n) is 40.3. The van der Waals surface area contributed by atoms with Crippen LogP contribution in [0.4, 0.5) is 0 Å². The number of carbonyl (C=O) groups is 4. The fourth-order valence-corrected chi connectivity index (χ4v) is 9.28. The Labute approximate surface area is 388 Å². The predicted molar refractivity (Wildman–Crippen MR) is 258 cm³/mol. The van der Waals surface area contributed by atoms with Crippen LogP contribution < -0.4 is 0 Å². The molecule has 0 fully saturated rings. The standard InChI is InChI=1S/C50H89NO9S2/c1-8-10-12-14-16-18-20-22-24-26-28-30-32-34-45(52)58-40-44(60-47(54)35-33-31-29-27-25-23-21-19-17-15-13-11-9-2)41-59-46(53)36-37-49(4,51-6)42-50(5,62-43(3)61)48(55)57-39-38-56-7/h44H,8-42H2,1-5,7H3/t44-,49?,50?/m1/s1. The molecule has 2 unspecified atom stereocenters. The van der Waals surface area contributed by atoms with Crippen molar-refractivity contribution < 1.29 is 42.9 Å². The summed E-state index contributed by atoms with van der Waals surface area (Å²) in [4.78, 5) is 55.5. The molecular formula is C50H89NO9S2. The largest absolute Gasteiger partial charge is 0.462 e. The highest BCUT2D eigenvalue weighted by atomic mass is 32.2. The maximum absolute atomic E-state index is 13.1. The highest BCUT2D eigenvalue weighted by molar-refractivity contribution is 8.24. The van der Waals surface area contributed by atoms with Crippen LogP contribution in [0.1, 0.15) is 234 Å². The number of nitrogens with zero attached hydrogens (tertiary/aromatic N) is 1. The lowest BCUT2D eigenvalue weighted by atomic mass is 9.86. The van der Waals surface area contributed by atoms with Crippen molar-refractivity contribution in [2.24, 2.45) is 0 Å². The predicted octanol–water partition coefficient (Wildman–Crippen LogP) is 13.8. The summed E-state index contributed by atoms with van der Waals surface area (Å²) in [5.41, 5.74) is -1.10. The van der Waals surface area contributed by atoms with Crippen LogP contribution in [0.3, 0.4) is 0 Å². The molecule has 0 aromatic heterocycles. The summed E-state index contributed by atoms with van der Waals surface area (Å²) in [7, 11) is 1.51. The Kier molecular flexibility index (Phi) is 38.8. The highest BCUT2D eigenvalue weighted by Crippen LogP contribution is 2.39. The summed E-state index contributed by atoms with van der Waals surface area (Å²) >= 11 is 6.46. The molecule has 0 bridgehead atoms. The number of thiocarbonyl (C=S) groups is 1. The number of rotatable bonds is 43. The molecule has 0 rings (SSSR count). The van der Waals surface area contributed by atoms with Crippen molar-refractivity contribution in [3.8, 4) is 0 Å². The molecule has 0 radical (unpaired) electrons. The minimum Gasteiger partial charge on any atom is -0.462 e. The van der Waals surface area contributed by atoms with E-state index in [1.54, 1.807) is 20.8 Å². The van der Waals surface area contributed by atoms with Crippen LogP contribution in [-0.2, 0) is 42.9 Å². The van der Waals surface area contributed by atoms with Gasteiger partial charge in [-0.15, -0.1) is 11.8 Å². The fourth-order valence-electron chi connectivity index (χ4n) is 7.57. The van der Waals surface area contributed by atoms with E-state index in [0.29, 0.717) is 10.6 Å². The molecule has 0 aromatic carbocycles. The highest BCUT2D eigenvalue weighted by Gasteiger charge is 2.47. The third-order valence-corrected chi connectivity index (χ3v) is 12.6. The van der Waals surface area contributed by atoms with Gasteiger partial charge in [-0.25, -0.2) is 6.57 Å². The van der Waals surface area contributed by atoms with Gasteiger partial charge in [0.25, 0.3) is 0 Å². The minimum absolute atomic E-state index is 0.0723. The average Bonchev–Trinajstić information content (AvgIpc) is 3.24. The molecule has 0 heterocycles. The monoisotopic (exact) mass is 912 g/mol. The summed E-state index contributed by atoms with van der Waals surface area (Å²) in [5, 5.41) is 0. The van der Waals surface area contributed by atoms with Crippen molar-refractivity contribution in [1.82, 2.24) is 0 Å². The normalized spacial score (nSPS) is 13.6. The van der Waals surface area contributed by atoms with Crippen LogP contribution in [0.15, 0.2) is 0 Å². The molecule has 0 N–H and O–H groups in total. The van der Waals surface area contributed by atoms with E-state index in [-0.39, 0.29) is 64.5 Å². The first-order valence-corrected chi connectivity index (χ1v) is 25.8. The molecule has 3 atom stereocenters. The molecule has 360 valence electrons. The number of methoxy groups -OCH3 is 1. The SMILES string of the molecule is [C-]#[N+]C(C)(CCC(=O)OC[C@@H](COC(=O)CCCCCCCCCCCCCCC)OC(=O)CCCCCCCCCCCCCCC)CC(C)(SC(C)=S)C(=O)OCCOC. The lowest BCUT2D eigenvalue weighted by molar-refractivity contribution is -0.167. The quantitative estimate of drug-likeness (QED) is 0.0191. The lowest BCUT2D eigenvalue weighted by Gasteiger charge is -2.30. The topological polar surface area (TPSA) is 119 Å². The van der Waals surface area contributed by atoms with E-state index in [1.165, 1.54) is 141 Å². The summed E-state index contributed by atoms with van der Waals surface area (Å²) < 4.78 is 26.6. The number of hydrogen-bond acceptors (Lipinski definition) is 11. The van der Waals surface area contributed by atoms with Crippen molar-refractivity contribution >= 4 is 52.1 Å². The van der Waals surface area contributed by atoms with E-state index in [9.17, 15) is 19.2 Å². The van der Waals surface area contributed by atoms with Crippen LogP contribution in [0, 0.1) is 6.57 Å². The molecule has 10 nitrogen and oxygen atoms in total. The van der Waals surface area contributed by atoms with Gasteiger partial charge in [0.2, 0.25) is 5.54 Å². The molecule has 0 aromatic rings. The van der Waals surface area contributed by atoms with Crippen molar-refractivity contribution in [2.75, 3.05) is 33.5 Å². The van der Waals surface area contributed by atoms with Gasteiger partial charge in [0.1, 0.15) is 24.6 Å². The summed E-state index contributed by atoms with van der Waals surface area (Å²) in [6.07, 6.45) is 31.1. The van der Waals surface area contributed by atoms with Crippen molar-refractivity contribution in [2.45, 2.75) is 250 Å². The van der Waals surface area contributed by atoms with Gasteiger partial charge in [-0.2, -0.15) is 0 Å². The molecule has 62 heavy (non-hydrogen) atoms. The van der Waals surface area contributed by atoms with E-state index in [2.05, 4.69) is 18.7 Å². The number of unbranched alkanes of at least 4 members (excludes halogenated alkanes) is 24. The fraction of sp³-hybridized carbons (Fsp3) is 0.880. The third-order valence-electron chi connectivity index (χ3n) is 11.3. The second-order valence-corrected chi connectivity index (χ2v) is 20.3. The number of thioether (sulfide) groups is 1. The first kappa shape index (κ1) is 59.8. The maximum Gasteiger partial charge on any atom is 0.322 e. The van der Waals surface area contributed by atoms with Crippen molar-refractivity contribution in [3.63, 3.8) is 0 Å².